The molecule has 0 aromatic rings. The predicted molar refractivity (Wildman–Crippen MR) is 368 cm³/mol. The van der Waals surface area contributed by atoms with Gasteiger partial charge in [-0.1, -0.05) is 171 Å². The molecule has 0 amide bonds. The molecular weight excluding hydrogens is 1180 g/mol. The molecule has 0 rings (SSSR count). The SMILES string of the molecule is C.C.C.C.C.C.C.C.C.C.C.C.C.C.C.C.C=CC(=O)OCCOCC(COCCOC(=O)C=C)(COCCOC(=O)C=C)COCCOC(=O)C=C.C=CC(=O)OCCOCC(COCCOC(=O)C=C)(COCCOC(=O)C=C)COCCOC(=O)C=C. The Morgan fingerprint density at radius 2 is 0.278 bits per heavy atom. The first-order valence-corrected chi connectivity index (χ1v) is 22.6. The van der Waals surface area contributed by atoms with Crippen molar-refractivity contribution in [3.8, 4) is 0 Å². The molecule has 0 heterocycles. The van der Waals surface area contributed by atoms with Crippen LogP contribution < -0.4 is 0 Å². The minimum atomic E-state index is -0.879. The Hall–Kier alpha value is -6.64. The standard InChI is InChI=1S/2C25H36O12.16CH4/c2*1-5-21(26)34-13-9-30-17-25(18-31-10-14-35-22(27)6-2,19-32-11-15-36-23(28)7-3)20-33-12-16-37-24(29)8-4;;;;;;;;;;;;;;;;/h2*5-8H,1-4,9-20H2;16*1H4. The summed E-state index contributed by atoms with van der Waals surface area (Å²) in [5, 5.41) is 0. The Kier molecular flexibility index (Phi) is 134. The van der Waals surface area contributed by atoms with E-state index in [2.05, 4.69) is 52.6 Å². The molecule has 0 atom stereocenters. The van der Waals surface area contributed by atoms with E-state index >= 15 is 0 Å². The van der Waals surface area contributed by atoms with Gasteiger partial charge in [-0.15, -0.1) is 0 Å². The van der Waals surface area contributed by atoms with Crippen molar-refractivity contribution in [1.29, 1.82) is 0 Å². The summed E-state index contributed by atoms with van der Waals surface area (Å²) in [5.41, 5.74) is -1.76. The molecule has 0 saturated carbocycles. The van der Waals surface area contributed by atoms with Crippen molar-refractivity contribution in [3.05, 3.63) is 101 Å². The summed E-state index contributed by atoms with van der Waals surface area (Å²) in [6, 6.07) is 0. The molecule has 0 fully saturated rings. The van der Waals surface area contributed by atoms with Gasteiger partial charge >= 0.3 is 47.8 Å². The number of hydrogen-bond acceptors (Lipinski definition) is 24. The smallest absolute Gasteiger partial charge is 0.330 e. The van der Waals surface area contributed by atoms with Crippen LogP contribution in [0, 0.1) is 10.8 Å². The molecule has 544 valence electrons. The maximum absolute atomic E-state index is 11.2. The lowest BCUT2D eigenvalue weighted by atomic mass is 9.92. The Balaban J connectivity index is -0.0000000611. The first-order valence-electron chi connectivity index (χ1n) is 22.6. The Morgan fingerprint density at radius 1 is 0.189 bits per heavy atom. The maximum Gasteiger partial charge on any atom is 0.330 e. The van der Waals surface area contributed by atoms with Crippen LogP contribution in [0.4, 0.5) is 0 Å². The molecule has 0 radical (unpaired) electrons. The van der Waals surface area contributed by atoms with Crippen LogP contribution >= 0.6 is 0 Å². The van der Waals surface area contributed by atoms with Gasteiger partial charge in [-0.05, 0) is 0 Å². The Morgan fingerprint density at radius 3 is 0.356 bits per heavy atom. The molecule has 0 aliphatic carbocycles. The zero-order chi connectivity index (χ0) is 55.6. The minimum absolute atomic E-state index is 0. The van der Waals surface area contributed by atoms with Gasteiger partial charge in [-0.25, -0.2) is 38.4 Å². The first-order chi connectivity index (χ1) is 35.6. The van der Waals surface area contributed by atoms with E-state index in [1.807, 2.05) is 0 Å². The van der Waals surface area contributed by atoms with Crippen molar-refractivity contribution in [2.45, 2.75) is 119 Å². The molecule has 0 N–H and O–H groups in total. The lowest BCUT2D eigenvalue weighted by Gasteiger charge is -2.33. The van der Waals surface area contributed by atoms with Crippen LogP contribution in [-0.2, 0) is 114 Å². The van der Waals surface area contributed by atoms with Gasteiger partial charge in [0.15, 0.2) is 0 Å². The molecule has 24 heteroatoms. The van der Waals surface area contributed by atoms with Crippen molar-refractivity contribution < 1.29 is 114 Å². The van der Waals surface area contributed by atoms with E-state index < -0.39 is 58.6 Å². The van der Waals surface area contributed by atoms with Gasteiger partial charge in [0.1, 0.15) is 52.9 Å². The third-order valence-corrected chi connectivity index (χ3v) is 8.38. The fraction of sp³-hybridized carbons (Fsp3) is 0.636. The number of ether oxygens (including phenoxy) is 16. The van der Waals surface area contributed by atoms with Crippen molar-refractivity contribution in [2.75, 3.05) is 159 Å². The van der Waals surface area contributed by atoms with E-state index in [1.54, 1.807) is 0 Å². The Bertz CT molecular complexity index is 1370. The fourth-order valence-electron chi connectivity index (χ4n) is 4.89. The monoisotopic (exact) mass is 1310 g/mol. The largest absolute Gasteiger partial charge is 0.460 e. The van der Waals surface area contributed by atoms with E-state index in [0.717, 1.165) is 48.6 Å². The average molecular weight is 1310 g/mol. The van der Waals surface area contributed by atoms with Crippen LogP contribution in [0.2, 0.25) is 0 Å². The quantitative estimate of drug-likeness (QED) is 0.0237. The summed E-state index contributed by atoms with van der Waals surface area (Å²) in [4.78, 5) is 89.7. The zero-order valence-electron chi connectivity index (χ0n) is 42.0. The number of rotatable bonds is 48. The molecule has 0 bridgehead atoms. The Labute approximate surface area is 549 Å². The summed E-state index contributed by atoms with van der Waals surface area (Å²) in [7, 11) is 0. The maximum atomic E-state index is 11.2. The van der Waals surface area contributed by atoms with Crippen molar-refractivity contribution in [1.82, 2.24) is 0 Å². The topological polar surface area (TPSA) is 284 Å². The first kappa shape index (κ1) is 132. The number of esters is 8. The highest BCUT2D eigenvalue weighted by Crippen LogP contribution is 2.22. The summed E-state index contributed by atoms with van der Waals surface area (Å²) >= 11 is 0. The van der Waals surface area contributed by atoms with Crippen LogP contribution in [0.15, 0.2) is 101 Å². The molecule has 0 aromatic carbocycles. The summed E-state index contributed by atoms with van der Waals surface area (Å²) in [6.45, 7) is 27.6. The molecule has 0 spiro atoms. The second-order valence-corrected chi connectivity index (χ2v) is 14.4. The van der Waals surface area contributed by atoms with Crippen LogP contribution in [-0.4, -0.2) is 206 Å². The molecule has 90 heavy (non-hydrogen) atoms. The number of carbonyl (C=O) groups excluding carboxylic acids is 8. The lowest BCUT2D eigenvalue weighted by Crippen LogP contribution is -2.43. The van der Waals surface area contributed by atoms with Crippen LogP contribution in [0.3, 0.4) is 0 Å². The number of hydrogen-bond donors (Lipinski definition) is 0. The molecule has 0 aliphatic heterocycles. The van der Waals surface area contributed by atoms with Crippen molar-refractivity contribution >= 4 is 47.8 Å². The normalized spacial score (nSPS) is 8.71. The van der Waals surface area contributed by atoms with E-state index in [0.29, 0.717) is 0 Å². The molecule has 0 aromatic heterocycles. The van der Waals surface area contributed by atoms with Gasteiger partial charge in [0.2, 0.25) is 0 Å². The molecular formula is C66H136O24. The average Bonchev–Trinajstić information content (AvgIpc) is 3.41. The highest BCUT2D eigenvalue weighted by molar-refractivity contribution is 5.83. The molecule has 24 nitrogen and oxygen atoms in total. The zero-order valence-corrected chi connectivity index (χ0v) is 42.0. The third-order valence-electron chi connectivity index (χ3n) is 8.38. The predicted octanol–water partition coefficient (Wildman–Crippen LogP) is 12.1. The van der Waals surface area contributed by atoms with Gasteiger partial charge in [0.05, 0.1) is 117 Å². The lowest BCUT2D eigenvalue weighted by molar-refractivity contribution is -0.148. The fourth-order valence-corrected chi connectivity index (χ4v) is 4.89. The molecule has 0 saturated heterocycles. The van der Waals surface area contributed by atoms with E-state index in [4.69, 9.17) is 75.8 Å². The molecule has 0 aliphatic rings. The number of carbonyl (C=O) groups is 8. The van der Waals surface area contributed by atoms with Gasteiger partial charge < -0.3 is 75.8 Å². The van der Waals surface area contributed by atoms with Crippen LogP contribution in [0.1, 0.15) is 119 Å². The summed E-state index contributed by atoms with van der Waals surface area (Å²) < 4.78 is 84.7. The second-order valence-electron chi connectivity index (χ2n) is 14.4. The second kappa shape index (κ2) is 91.1. The van der Waals surface area contributed by atoms with Crippen LogP contribution in [0.25, 0.3) is 0 Å². The van der Waals surface area contributed by atoms with Crippen molar-refractivity contribution in [3.63, 3.8) is 0 Å². The van der Waals surface area contributed by atoms with Gasteiger partial charge in [0, 0.05) is 48.6 Å². The van der Waals surface area contributed by atoms with Gasteiger partial charge in [0.25, 0.3) is 0 Å². The van der Waals surface area contributed by atoms with Gasteiger partial charge in [-0.3, -0.25) is 0 Å². The van der Waals surface area contributed by atoms with Gasteiger partial charge in [-0.2, -0.15) is 0 Å². The van der Waals surface area contributed by atoms with E-state index in [1.165, 1.54) is 0 Å². The highest BCUT2D eigenvalue weighted by Gasteiger charge is 2.34. The van der Waals surface area contributed by atoms with E-state index in [9.17, 15) is 38.4 Å². The molecule has 0 unspecified atom stereocenters. The third kappa shape index (κ3) is 79.4. The van der Waals surface area contributed by atoms with Crippen LogP contribution in [0.5, 0.6) is 0 Å². The summed E-state index contributed by atoms with van der Waals surface area (Å²) in [5.74, 6) is -4.65. The minimum Gasteiger partial charge on any atom is -0.460 e. The highest BCUT2D eigenvalue weighted by atomic mass is 16.6. The van der Waals surface area contributed by atoms with E-state index in [-0.39, 0.29) is 277 Å². The summed E-state index contributed by atoms with van der Waals surface area (Å²) in [6.07, 6.45) is 8.31. The van der Waals surface area contributed by atoms with Crippen molar-refractivity contribution in [2.24, 2.45) is 10.8 Å².